The molecule has 27 heavy (non-hydrogen) atoms. The zero-order chi connectivity index (χ0) is 20.0. The molecule has 0 bridgehead atoms. The van der Waals surface area contributed by atoms with Crippen LogP contribution >= 0.6 is 0 Å². The molecule has 0 spiro atoms. The van der Waals surface area contributed by atoms with E-state index in [1.54, 1.807) is 51.4 Å². The highest BCUT2D eigenvalue weighted by atomic mass is 32.2. The van der Waals surface area contributed by atoms with Gasteiger partial charge in [-0.3, -0.25) is 4.99 Å². The van der Waals surface area contributed by atoms with Crippen LogP contribution in [0.1, 0.15) is 16.7 Å². The Kier molecular flexibility index (Phi) is 6.68. The minimum atomic E-state index is -3.23. The maximum atomic E-state index is 11.7. The lowest BCUT2D eigenvalue weighted by Crippen LogP contribution is -2.36. The number of sulfone groups is 1. The van der Waals surface area contributed by atoms with Gasteiger partial charge in [0.25, 0.3) is 0 Å². The standard InChI is InChI=1S/C19H25N3O4S/c1-13-9-14(5-8-18(13)27(4,24)25)11-21-19(20-2)22-12-15-10-16(26-3)6-7-17(15)23/h5-10,23H,11-12H2,1-4H3,(H2,20,21,22). The van der Waals surface area contributed by atoms with Crippen LogP contribution in [0.25, 0.3) is 0 Å². The second kappa shape index (κ2) is 8.77. The number of methoxy groups -OCH3 is 1. The van der Waals surface area contributed by atoms with E-state index in [4.69, 9.17) is 4.74 Å². The molecule has 0 atom stereocenters. The second-order valence-corrected chi connectivity index (χ2v) is 8.13. The minimum absolute atomic E-state index is 0.172. The third-order valence-electron chi connectivity index (χ3n) is 4.06. The molecule has 0 fully saturated rings. The normalized spacial score (nSPS) is 11.9. The largest absolute Gasteiger partial charge is 0.508 e. The smallest absolute Gasteiger partial charge is 0.191 e. The molecule has 0 saturated heterocycles. The lowest BCUT2D eigenvalue weighted by molar-refractivity contribution is 0.410. The van der Waals surface area contributed by atoms with Gasteiger partial charge in [0, 0.05) is 32.0 Å². The Morgan fingerprint density at radius 2 is 1.85 bits per heavy atom. The van der Waals surface area contributed by atoms with Crippen LogP contribution in [0.4, 0.5) is 0 Å². The number of aromatic hydroxyl groups is 1. The third kappa shape index (κ3) is 5.62. The van der Waals surface area contributed by atoms with Gasteiger partial charge in [0.15, 0.2) is 15.8 Å². The quantitative estimate of drug-likeness (QED) is 0.514. The van der Waals surface area contributed by atoms with Gasteiger partial charge < -0.3 is 20.5 Å². The number of benzene rings is 2. The maximum Gasteiger partial charge on any atom is 0.191 e. The van der Waals surface area contributed by atoms with Gasteiger partial charge in [-0.05, 0) is 42.3 Å². The molecule has 0 heterocycles. The van der Waals surface area contributed by atoms with Gasteiger partial charge in [-0.25, -0.2) is 8.42 Å². The lowest BCUT2D eigenvalue weighted by atomic mass is 10.1. The molecule has 7 nitrogen and oxygen atoms in total. The van der Waals surface area contributed by atoms with Gasteiger partial charge in [0.2, 0.25) is 0 Å². The van der Waals surface area contributed by atoms with E-state index in [0.29, 0.717) is 40.8 Å². The topological polar surface area (TPSA) is 100 Å². The van der Waals surface area contributed by atoms with E-state index in [-0.39, 0.29) is 5.75 Å². The number of ether oxygens (including phenoxy) is 1. The Balaban J connectivity index is 1.99. The summed E-state index contributed by atoms with van der Waals surface area (Å²) < 4.78 is 28.6. The zero-order valence-corrected chi connectivity index (χ0v) is 16.7. The molecule has 0 saturated carbocycles. The maximum absolute atomic E-state index is 11.7. The Morgan fingerprint density at radius 1 is 1.15 bits per heavy atom. The molecule has 146 valence electrons. The zero-order valence-electron chi connectivity index (χ0n) is 15.9. The summed E-state index contributed by atoms with van der Waals surface area (Å²) in [7, 11) is -0.00360. The van der Waals surface area contributed by atoms with Crippen molar-refractivity contribution in [2.24, 2.45) is 4.99 Å². The highest BCUT2D eigenvalue weighted by molar-refractivity contribution is 7.90. The van der Waals surface area contributed by atoms with Gasteiger partial charge in [0.05, 0.1) is 12.0 Å². The Hall–Kier alpha value is -2.74. The molecule has 0 radical (unpaired) electrons. The number of nitrogens with one attached hydrogen (secondary N) is 2. The van der Waals surface area contributed by atoms with E-state index in [1.807, 2.05) is 6.07 Å². The molecule has 2 aromatic rings. The predicted octanol–water partition coefficient (Wildman–Crippen LogP) is 1.98. The summed E-state index contributed by atoms with van der Waals surface area (Å²) in [6, 6.07) is 10.3. The first-order chi connectivity index (χ1) is 12.7. The molecule has 2 rings (SSSR count). The summed E-state index contributed by atoms with van der Waals surface area (Å²) in [5, 5.41) is 16.2. The Bertz CT molecular complexity index is 940. The van der Waals surface area contributed by atoms with Gasteiger partial charge in [-0.15, -0.1) is 0 Å². The fourth-order valence-corrected chi connectivity index (χ4v) is 3.61. The van der Waals surface area contributed by atoms with Crippen LogP contribution in [0.5, 0.6) is 11.5 Å². The summed E-state index contributed by atoms with van der Waals surface area (Å²) in [6.45, 7) is 2.63. The first kappa shape index (κ1) is 20.6. The lowest BCUT2D eigenvalue weighted by Gasteiger charge is -2.14. The van der Waals surface area contributed by atoms with Crippen molar-refractivity contribution < 1.29 is 18.3 Å². The van der Waals surface area contributed by atoms with Crippen LogP contribution in [0.2, 0.25) is 0 Å². The monoisotopic (exact) mass is 391 g/mol. The van der Waals surface area contributed by atoms with E-state index in [2.05, 4.69) is 15.6 Å². The van der Waals surface area contributed by atoms with Gasteiger partial charge in [-0.1, -0.05) is 12.1 Å². The SMILES string of the molecule is CN=C(NCc1ccc(S(C)(=O)=O)c(C)c1)NCc1cc(OC)ccc1O. The molecular weight excluding hydrogens is 366 g/mol. The molecule has 2 aromatic carbocycles. The Labute approximate surface area is 160 Å². The molecule has 3 N–H and O–H groups in total. The molecule has 0 amide bonds. The van der Waals surface area contributed by atoms with E-state index < -0.39 is 9.84 Å². The van der Waals surface area contributed by atoms with Crippen molar-refractivity contribution in [3.05, 3.63) is 53.1 Å². The van der Waals surface area contributed by atoms with Crippen molar-refractivity contribution in [1.82, 2.24) is 10.6 Å². The van der Waals surface area contributed by atoms with Crippen LogP contribution in [0.15, 0.2) is 46.3 Å². The number of hydrogen-bond donors (Lipinski definition) is 3. The molecule has 8 heteroatoms. The number of phenols is 1. The van der Waals surface area contributed by atoms with E-state index >= 15 is 0 Å². The molecule has 0 aliphatic carbocycles. The minimum Gasteiger partial charge on any atom is -0.508 e. The van der Waals surface area contributed by atoms with E-state index in [9.17, 15) is 13.5 Å². The number of aryl methyl sites for hydroxylation is 1. The van der Waals surface area contributed by atoms with Gasteiger partial charge in [0.1, 0.15) is 11.5 Å². The van der Waals surface area contributed by atoms with Crippen molar-refractivity contribution in [3.63, 3.8) is 0 Å². The van der Waals surface area contributed by atoms with E-state index in [0.717, 1.165) is 5.56 Å². The fraction of sp³-hybridized carbons (Fsp3) is 0.316. The van der Waals surface area contributed by atoms with Gasteiger partial charge >= 0.3 is 0 Å². The number of aliphatic imine (C=N–C) groups is 1. The number of guanidine groups is 1. The van der Waals surface area contributed by atoms with E-state index in [1.165, 1.54) is 6.26 Å². The van der Waals surface area contributed by atoms with Crippen LogP contribution in [0, 0.1) is 6.92 Å². The number of nitrogens with zero attached hydrogens (tertiary/aromatic N) is 1. The summed E-state index contributed by atoms with van der Waals surface area (Å²) in [5.74, 6) is 1.39. The second-order valence-electron chi connectivity index (χ2n) is 6.15. The molecule has 0 aliphatic rings. The predicted molar refractivity (Wildman–Crippen MR) is 106 cm³/mol. The first-order valence-electron chi connectivity index (χ1n) is 8.34. The Morgan fingerprint density at radius 3 is 2.44 bits per heavy atom. The van der Waals surface area contributed by atoms with Crippen molar-refractivity contribution in [1.29, 1.82) is 0 Å². The number of hydrogen-bond acceptors (Lipinski definition) is 5. The first-order valence-corrected chi connectivity index (χ1v) is 10.2. The summed E-state index contributed by atoms with van der Waals surface area (Å²) >= 11 is 0. The summed E-state index contributed by atoms with van der Waals surface area (Å²) in [4.78, 5) is 4.49. The van der Waals surface area contributed by atoms with Crippen LogP contribution in [-0.2, 0) is 22.9 Å². The average Bonchev–Trinajstić information content (AvgIpc) is 2.62. The van der Waals surface area contributed by atoms with Crippen molar-refractivity contribution in [2.75, 3.05) is 20.4 Å². The summed E-state index contributed by atoms with van der Waals surface area (Å²) in [6.07, 6.45) is 1.20. The van der Waals surface area contributed by atoms with Crippen molar-refractivity contribution in [3.8, 4) is 11.5 Å². The van der Waals surface area contributed by atoms with Crippen LogP contribution in [-0.4, -0.2) is 39.9 Å². The number of phenolic OH excluding ortho intramolecular Hbond substituents is 1. The molecule has 0 aliphatic heterocycles. The van der Waals surface area contributed by atoms with Gasteiger partial charge in [-0.2, -0.15) is 0 Å². The average molecular weight is 391 g/mol. The highest BCUT2D eigenvalue weighted by Crippen LogP contribution is 2.22. The summed E-state index contributed by atoms with van der Waals surface area (Å²) in [5.41, 5.74) is 2.33. The molecule has 0 unspecified atom stereocenters. The van der Waals surface area contributed by atoms with Crippen molar-refractivity contribution in [2.45, 2.75) is 24.9 Å². The van der Waals surface area contributed by atoms with Crippen LogP contribution in [0.3, 0.4) is 0 Å². The molecular formula is C19H25N3O4S. The van der Waals surface area contributed by atoms with Crippen molar-refractivity contribution >= 4 is 15.8 Å². The molecule has 0 aromatic heterocycles. The fourth-order valence-electron chi connectivity index (χ4n) is 2.65. The number of rotatable bonds is 6. The highest BCUT2D eigenvalue weighted by Gasteiger charge is 2.11. The third-order valence-corrected chi connectivity index (χ3v) is 5.31. The van der Waals surface area contributed by atoms with Crippen LogP contribution < -0.4 is 15.4 Å².